The number of rotatable bonds is 10. The van der Waals surface area contributed by atoms with Crippen molar-refractivity contribution in [2.45, 2.75) is 95.9 Å². The molecule has 1 fully saturated rings. The molecule has 1 N–H and O–H groups in total. The molecule has 0 bridgehead atoms. The smallest absolute Gasteiger partial charge is 0.253 e. The van der Waals surface area contributed by atoms with Crippen LogP contribution >= 0.6 is 0 Å². The van der Waals surface area contributed by atoms with Crippen LogP contribution in [0.3, 0.4) is 0 Å². The lowest BCUT2D eigenvalue weighted by Crippen LogP contribution is -2.44. The Bertz CT molecular complexity index is 1630. The van der Waals surface area contributed by atoms with Crippen LogP contribution in [0.5, 0.6) is 5.75 Å². The number of anilines is 2. The zero-order valence-corrected chi connectivity index (χ0v) is 30.3. The Balaban J connectivity index is 1.80. The summed E-state index contributed by atoms with van der Waals surface area (Å²) in [5, 5.41) is 4.07. The fourth-order valence-electron chi connectivity index (χ4n) is 7.40. The van der Waals surface area contributed by atoms with Crippen molar-refractivity contribution in [3.63, 3.8) is 0 Å². The van der Waals surface area contributed by atoms with Crippen LogP contribution in [0.15, 0.2) is 41.3 Å². The molecule has 0 aliphatic heterocycles. The minimum atomic E-state index is -2.04. The van der Waals surface area contributed by atoms with Crippen molar-refractivity contribution in [1.82, 2.24) is 24.3 Å². The summed E-state index contributed by atoms with van der Waals surface area (Å²) >= 11 is 0. The van der Waals surface area contributed by atoms with E-state index in [1.165, 1.54) is 0 Å². The number of carbonyl (C=O) groups excluding carboxylic acids is 1. The number of ether oxygens (including phenoxy) is 1. The number of aromatic nitrogens is 3. The van der Waals surface area contributed by atoms with E-state index in [1.54, 1.807) is 19.4 Å². The van der Waals surface area contributed by atoms with Gasteiger partial charge in [0.25, 0.3) is 5.56 Å². The summed E-state index contributed by atoms with van der Waals surface area (Å²) < 4.78 is 7.37. The van der Waals surface area contributed by atoms with Gasteiger partial charge in [-0.05, 0) is 68.5 Å². The highest BCUT2D eigenvalue weighted by atomic mass is 28.3. The van der Waals surface area contributed by atoms with Crippen LogP contribution in [-0.2, 0) is 4.79 Å². The van der Waals surface area contributed by atoms with E-state index in [0.29, 0.717) is 46.1 Å². The van der Waals surface area contributed by atoms with Crippen molar-refractivity contribution in [1.29, 1.82) is 0 Å². The highest BCUT2D eigenvalue weighted by Crippen LogP contribution is 2.41. The Hall–Kier alpha value is -3.68. The number of benzene rings is 1. The van der Waals surface area contributed by atoms with Gasteiger partial charge in [-0.1, -0.05) is 59.6 Å². The van der Waals surface area contributed by atoms with Crippen LogP contribution in [0, 0.1) is 11.5 Å². The second-order valence-corrected chi connectivity index (χ2v) is 19.5. The maximum atomic E-state index is 14.0. The van der Waals surface area contributed by atoms with Crippen LogP contribution in [0.1, 0.15) is 78.8 Å². The Morgan fingerprint density at radius 1 is 1.04 bits per heavy atom. The molecule has 248 valence electrons. The molecule has 10 heteroatoms. The third-order valence-electron chi connectivity index (χ3n) is 9.85. The summed E-state index contributed by atoms with van der Waals surface area (Å²) in [5.41, 5.74) is 7.09. The van der Waals surface area contributed by atoms with Gasteiger partial charge in [-0.15, -0.1) is 5.54 Å². The molecule has 0 unspecified atom stereocenters. The van der Waals surface area contributed by atoms with E-state index in [9.17, 15) is 9.59 Å². The zero-order valence-electron chi connectivity index (χ0n) is 29.3. The average molecular weight is 645 g/mol. The molecule has 4 rings (SSSR count). The van der Waals surface area contributed by atoms with Crippen molar-refractivity contribution >= 4 is 36.7 Å². The number of methoxy groups -OCH3 is 1. The van der Waals surface area contributed by atoms with E-state index in [0.717, 1.165) is 36.8 Å². The number of amides is 1. The molecule has 3 aromatic rings. The van der Waals surface area contributed by atoms with E-state index < -0.39 is 8.07 Å². The van der Waals surface area contributed by atoms with Gasteiger partial charge in [-0.25, -0.2) is 4.98 Å². The van der Waals surface area contributed by atoms with Crippen LogP contribution in [-0.4, -0.2) is 79.2 Å². The van der Waals surface area contributed by atoms with Gasteiger partial charge in [0.2, 0.25) is 11.9 Å². The first-order valence-corrected chi connectivity index (χ1v) is 18.8. The summed E-state index contributed by atoms with van der Waals surface area (Å²) in [4.78, 5) is 40.2. The van der Waals surface area contributed by atoms with E-state index in [2.05, 4.69) is 63.3 Å². The minimum Gasteiger partial charge on any atom is -0.495 e. The lowest BCUT2D eigenvalue weighted by Gasteiger charge is -2.38. The van der Waals surface area contributed by atoms with Gasteiger partial charge in [0, 0.05) is 37.0 Å². The summed E-state index contributed by atoms with van der Waals surface area (Å²) in [6.45, 7) is 14.1. The average Bonchev–Trinajstić information content (AvgIpc) is 3.00. The minimum absolute atomic E-state index is 0.0462. The highest BCUT2D eigenvalue weighted by molar-refractivity contribution is 6.90. The fraction of sp³-hybridized carbons (Fsp3) is 0.556. The largest absolute Gasteiger partial charge is 0.495 e. The number of fused-ring (bicyclic) bond motifs is 1. The molecular weight excluding hydrogens is 593 g/mol. The van der Waals surface area contributed by atoms with E-state index in [1.807, 2.05) is 59.8 Å². The third-order valence-corrected chi connectivity index (χ3v) is 16.1. The molecule has 1 aliphatic carbocycles. The lowest BCUT2D eigenvalue weighted by molar-refractivity contribution is -0.133. The number of hydrogen-bond acceptors (Lipinski definition) is 7. The van der Waals surface area contributed by atoms with E-state index in [4.69, 9.17) is 9.72 Å². The number of hydrogen-bond donors (Lipinski definition) is 1. The van der Waals surface area contributed by atoms with Gasteiger partial charge in [-0.2, -0.15) is 4.98 Å². The monoisotopic (exact) mass is 644 g/mol. The summed E-state index contributed by atoms with van der Waals surface area (Å²) in [6.07, 6.45) is 4.97. The number of nitrogens with zero attached hydrogens (tertiary/aromatic N) is 5. The molecule has 46 heavy (non-hydrogen) atoms. The van der Waals surface area contributed by atoms with Crippen molar-refractivity contribution in [3.8, 4) is 17.2 Å². The van der Waals surface area contributed by atoms with Gasteiger partial charge < -0.3 is 19.9 Å². The molecule has 1 saturated carbocycles. The molecule has 0 saturated heterocycles. The number of pyridine rings is 1. The first kappa shape index (κ1) is 35.2. The molecule has 1 amide bonds. The van der Waals surface area contributed by atoms with Gasteiger partial charge >= 0.3 is 0 Å². The molecule has 9 nitrogen and oxygen atoms in total. The zero-order chi connectivity index (χ0) is 33.8. The lowest BCUT2D eigenvalue weighted by atomic mass is 9.89. The van der Waals surface area contributed by atoms with Crippen molar-refractivity contribution in [2.75, 3.05) is 40.1 Å². The maximum Gasteiger partial charge on any atom is 0.253 e. The first-order chi connectivity index (χ1) is 21.8. The van der Waals surface area contributed by atoms with Gasteiger partial charge in [0.1, 0.15) is 19.5 Å². The summed E-state index contributed by atoms with van der Waals surface area (Å²) in [7, 11) is 5.29. The molecule has 0 spiro atoms. The fourth-order valence-corrected chi connectivity index (χ4v) is 12.6. The van der Waals surface area contributed by atoms with Gasteiger partial charge in [0.15, 0.2) is 0 Å². The topological polar surface area (TPSA) is 92.6 Å². The normalized spacial score (nSPS) is 17.0. The van der Waals surface area contributed by atoms with Crippen LogP contribution in [0.25, 0.3) is 11.0 Å². The van der Waals surface area contributed by atoms with E-state index >= 15 is 0 Å². The van der Waals surface area contributed by atoms with Crippen molar-refractivity contribution < 1.29 is 9.53 Å². The Labute approximate surface area is 275 Å². The standard InChI is InChI=1S/C36H52N6O3Si/c1-24(2)46(25(3)4,26(5)6)20-19-27-21-33(43)42(29-17-15-28(16-18-29)41(9)34(44)23-40(7)8)35-30(27)22-37-36(39-35)38-31-13-11-12-14-32(31)45-10/h11-14,21-22,24-26,28-29H,15-18,23H2,1-10H3,(H,37,38,39). The van der Waals surface area contributed by atoms with Crippen molar-refractivity contribution in [2.24, 2.45) is 0 Å². The number of carbonyl (C=O) groups is 1. The predicted octanol–water partition coefficient (Wildman–Crippen LogP) is 6.62. The van der Waals surface area contributed by atoms with Crippen LogP contribution in [0.4, 0.5) is 11.6 Å². The Morgan fingerprint density at radius 3 is 2.26 bits per heavy atom. The molecule has 1 aromatic carbocycles. The molecule has 0 radical (unpaired) electrons. The molecule has 2 aromatic heterocycles. The third kappa shape index (κ3) is 7.31. The number of para-hydroxylation sites is 2. The number of nitrogens with one attached hydrogen (secondary N) is 1. The van der Waals surface area contributed by atoms with Crippen molar-refractivity contribution in [3.05, 3.63) is 52.4 Å². The van der Waals surface area contributed by atoms with Gasteiger partial charge in [-0.3, -0.25) is 14.2 Å². The quantitative estimate of drug-likeness (QED) is 0.196. The predicted molar refractivity (Wildman–Crippen MR) is 191 cm³/mol. The van der Waals surface area contributed by atoms with E-state index in [-0.39, 0.29) is 23.6 Å². The van der Waals surface area contributed by atoms with Crippen LogP contribution < -0.4 is 15.6 Å². The second-order valence-electron chi connectivity index (χ2n) is 13.9. The second kappa shape index (κ2) is 14.8. The molecule has 2 heterocycles. The maximum absolute atomic E-state index is 14.0. The number of likely N-dealkylation sites (N-methyl/N-ethyl adjacent to an activating group) is 2. The highest BCUT2D eigenvalue weighted by Gasteiger charge is 2.41. The Kier molecular flexibility index (Phi) is 11.3. The van der Waals surface area contributed by atoms with Gasteiger partial charge in [0.05, 0.1) is 24.7 Å². The van der Waals surface area contributed by atoms with Crippen LogP contribution in [0.2, 0.25) is 16.6 Å². The summed E-state index contributed by atoms with van der Waals surface area (Å²) in [6, 6.07) is 9.40. The molecule has 1 aliphatic rings. The molecular formula is C36H52N6O3Si. The Morgan fingerprint density at radius 2 is 1.67 bits per heavy atom. The first-order valence-electron chi connectivity index (χ1n) is 16.6. The molecule has 0 atom stereocenters. The SMILES string of the molecule is COc1ccccc1Nc1ncc2c(C#C[Si](C(C)C)(C(C)C)C(C)C)cc(=O)n(C3CCC(N(C)C(=O)CN(C)C)CC3)c2n1. The summed E-state index contributed by atoms with van der Waals surface area (Å²) in [5.74, 6) is 4.68.